The maximum absolute atomic E-state index is 12.8. The fourth-order valence-electron chi connectivity index (χ4n) is 3.99. The molecule has 2 aromatic rings. The normalized spacial score (nSPS) is 21.6. The summed E-state index contributed by atoms with van der Waals surface area (Å²) in [6.07, 6.45) is -1.72. The van der Waals surface area contributed by atoms with E-state index >= 15 is 0 Å². The lowest BCUT2D eigenvalue weighted by molar-refractivity contribution is -0.183. The van der Waals surface area contributed by atoms with Crippen LogP contribution >= 0.6 is 0 Å². The van der Waals surface area contributed by atoms with Crippen molar-refractivity contribution >= 4 is 16.9 Å². The molecule has 1 N–H and O–H groups in total. The van der Waals surface area contributed by atoms with Gasteiger partial charge in [0.2, 0.25) is 0 Å². The second-order valence-electron chi connectivity index (χ2n) is 6.92. The number of carbonyl (C=O) groups is 1. The molecule has 1 aromatic carbocycles. The van der Waals surface area contributed by atoms with E-state index in [1.54, 1.807) is 12.1 Å². The Bertz CT molecular complexity index is 771. The average Bonchev–Trinajstić information content (AvgIpc) is 2.90. The molecule has 6 heteroatoms. The summed E-state index contributed by atoms with van der Waals surface area (Å²) in [6.45, 7) is 2.78. The molecule has 1 aliphatic rings. The number of aryl methyl sites for hydroxylation is 1. The minimum atomic E-state index is -4.07. The summed E-state index contributed by atoms with van der Waals surface area (Å²) in [5.41, 5.74) is 2.31. The number of rotatable bonds is 4. The third-order valence-electron chi connectivity index (χ3n) is 5.36. The topological polar surface area (TPSA) is 42.2 Å². The first-order valence-electron chi connectivity index (χ1n) is 8.71. The van der Waals surface area contributed by atoms with Gasteiger partial charge in [-0.15, -0.1) is 0 Å². The molecule has 25 heavy (non-hydrogen) atoms. The number of aromatic carboxylic acids is 1. The van der Waals surface area contributed by atoms with Crippen LogP contribution in [0.5, 0.6) is 0 Å². The van der Waals surface area contributed by atoms with Crippen molar-refractivity contribution in [3.8, 4) is 0 Å². The van der Waals surface area contributed by atoms with E-state index in [0.717, 1.165) is 29.6 Å². The molecule has 0 unspecified atom stereocenters. The summed E-state index contributed by atoms with van der Waals surface area (Å²) in [7, 11) is 0. The molecule has 0 spiro atoms. The molecule has 0 radical (unpaired) electrons. The molecule has 136 valence electrons. The SMILES string of the molecule is CCn1c(CC2CCC(C(F)(F)F)CC2)cc2cc(C(=O)O)ccc21. The maximum Gasteiger partial charge on any atom is 0.391 e. The maximum atomic E-state index is 12.8. The van der Waals surface area contributed by atoms with Crippen molar-refractivity contribution in [1.29, 1.82) is 0 Å². The summed E-state index contributed by atoms with van der Waals surface area (Å²) < 4.78 is 40.5. The highest BCUT2D eigenvalue weighted by molar-refractivity contribution is 5.94. The van der Waals surface area contributed by atoms with E-state index in [1.807, 2.05) is 19.1 Å². The molecule has 1 aliphatic carbocycles. The van der Waals surface area contributed by atoms with Gasteiger partial charge in [-0.25, -0.2) is 4.79 Å². The van der Waals surface area contributed by atoms with E-state index in [4.69, 9.17) is 5.11 Å². The van der Waals surface area contributed by atoms with Crippen molar-refractivity contribution in [3.05, 3.63) is 35.5 Å². The van der Waals surface area contributed by atoms with Crippen LogP contribution in [0, 0.1) is 11.8 Å². The van der Waals surface area contributed by atoms with E-state index in [2.05, 4.69) is 4.57 Å². The summed E-state index contributed by atoms with van der Waals surface area (Å²) in [5.74, 6) is -1.86. The van der Waals surface area contributed by atoms with Crippen molar-refractivity contribution in [3.63, 3.8) is 0 Å². The van der Waals surface area contributed by atoms with Gasteiger partial charge >= 0.3 is 12.1 Å². The Balaban J connectivity index is 1.78. The van der Waals surface area contributed by atoms with Crippen LogP contribution in [-0.4, -0.2) is 21.8 Å². The fraction of sp³-hybridized carbons (Fsp3) is 0.526. The highest BCUT2D eigenvalue weighted by Gasteiger charge is 2.41. The van der Waals surface area contributed by atoms with Crippen LogP contribution in [0.2, 0.25) is 0 Å². The molecule has 0 atom stereocenters. The molecule has 0 saturated heterocycles. The summed E-state index contributed by atoms with van der Waals surface area (Å²) in [4.78, 5) is 11.1. The zero-order chi connectivity index (χ0) is 18.2. The third kappa shape index (κ3) is 3.67. The van der Waals surface area contributed by atoms with Crippen LogP contribution in [-0.2, 0) is 13.0 Å². The van der Waals surface area contributed by atoms with Crippen LogP contribution in [0.15, 0.2) is 24.3 Å². The van der Waals surface area contributed by atoms with Gasteiger partial charge in [0.05, 0.1) is 11.5 Å². The van der Waals surface area contributed by atoms with Gasteiger partial charge in [0.15, 0.2) is 0 Å². The van der Waals surface area contributed by atoms with Gasteiger partial charge in [-0.2, -0.15) is 13.2 Å². The molecule has 1 aromatic heterocycles. The standard InChI is InChI=1S/C19H22F3NO2/c1-2-23-16(9-12-3-6-15(7-4-12)19(20,21)22)11-14-10-13(18(24)25)5-8-17(14)23/h5,8,10-12,15H,2-4,6-7,9H2,1H3,(H,24,25). The molecule has 1 saturated carbocycles. The Morgan fingerprint density at radius 1 is 1.20 bits per heavy atom. The molecule has 1 fully saturated rings. The van der Waals surface area contributed by atoms with Gasteiger partial charge in [0.25, 0.3) is 0 Å². The van der Waals surface area contributed by atoms with Crippen LogP contribution in [0.4, 0.5) is 13.2 Å². The van der Waals surface area contributed by atoms with Crippen LogP contribution in [0.25, 0.3) is 10.9 Å². The average molecular weight is 353 g/mol. The zero-order valence-electron chi connectivity index (χ0n) is 14.1. The number of nitrogens with zero attached hydrogens (tertiary/aromatic N) is 1. The number of hydrogen-bond acceptors (Lipinski definition) is 1. The van der Waals surface area contributed by atoms with Crippen LogP contribution in [0.1, 0.15) is 48.7 Å². The molecule has 0 aliphatic heterocycles. The number of alkyl halides is 3. The Morgan fingerprint density at radius 3 is 2.44 bits per heavy atom. The lowest BCUT2D eigenvalue weighted by Crippen LogP contribution is -2.28. The van der Waals surface area contributed by atoms with Gasteiger partial charge in [-0.05, 0) is 69.2 Å². The number of halogens is 3. The first-order chi connectivity index (χ1) is 11.8. The lowest BCUT2D eigenvalue weighted by atomic mass is 9.79. The highest BCUT2D eigenvalue weighted by atomic mass is 19.4. The van der Waals surface area contributed by atoms with Gasteiger partial charge < -0.3 is 9.67 Å². The van der Waals surface area contributed by atoms with Crippen molar-refractivity contribution in [2.75, 3.05) is 0 Å². The molecule has 3 rings (SSSR count). The predicted octanol–water partition coefficient (Wildman–Crippen LogP) is 5.27. The van der Waals surface area contributed by atoms with Crippen molar-refractivity contribution in [2.45, 2.75) is 51.7 Å². The molecule has 0 amide bonds. The second-order valence-corrected chi connectivity index (χ2v) is 6.92. The minimum Gasteiger partial charge on any atom is -0.478 e. The summed E-state index contributed by atoms with van der Waals surface area (Å²) in [5, 5.41) is 10.0. The lowest BCUT2D eigenvalue weighted by Gasteiger charge is -2.30. The van der Waals surface area contributed by atoms with Crippen molar-refractivity contribution in [2.24, 2.45) is 11.8 Å². The quantitative estimate of drug-likeness (QED) is 0.813. The zero-order valence-corrected chi connectivity index (χ0v) is 14.1. The number of aromatic nitrogens is 1. The van der Waals surface area contributed by atoms with Gasteiger partial charge in [0.1, 0.15) is 0 Å². The Kier molecular flexibility index (Phi) is 4.80. The fourth-order valence-corrected chi connectivity index (χ4v) is 3.99. The molecular formula is C19H22F3NO2. The van der Waals surface area contributed by atoms with E-state index in [0.29, 0.717) is 12.8 Å². The highest BCUT2D eigenvalue weighted by Crippen LogP contribution is 2.40. The summed E-state index contributed by atoms with van der Waals surface area (Å²) in [6, 6.07) is 7.05. The Labute approximate surface area is 144 Å². The van der Waals surface area contributed by atoms with Crippen LogP contribution in [0.3, 0.4) is 0 Å². The second kappa shape index (κ2) is 6.73. The number of benzene rings is 1. The molecular weight excluding hydrogens is 331 g/mol. The van der Waals surface area contributed by atoms with Crippen molar-refractivity contribution in [1.82, 2.24) is 4.57 Å². The van der Waals surface area contributed by atoms with E-state index in [9.17, 15) is 18.0 Å². The third-order valence-corrected chi connectivity index (χ3v) is 5.36. The predicted molar refractivity (Wildman–Crippen MR) is 89.8 cm³/mol. The number of carboxylic acids is 1. The first kappa shape index (κ1) is 17.8. The van der Waals surface area contributed by atoms with Crippen molar-refractivity contribution < 1.29 is 23.1 Å². The number of hydrogen-bond donors (Lipinski definition) is 1. The van der Waals surface area contributed by atoms with E-state index < -0.39 is 18.1 Å². The Hall–Kier alpha value is -1.98. The number of fused-ring (bicyclic) bond motifs is 1. The van der Waals surface area contributed by atoms with E-state index in [1.165, 1.54) is 0 Å². The minimum absolute atomic E-state index is 0.212. The van der Waals surface area contributed by atoms with E-state index in [-0.39, 0.29) is 24.3 Å². The molecule has 3 nitrogen and oxygen atoms in total. The summed E-state index contributed by atoms with van der Waals surface area (Å²) >= 11 is 0. The monoisotopic (exact) mass is 353 g/mol. The molecule has 1 heterocycles. The largest absolute Gasteiger partial charge is 0.478 e. The number of carboxylic acid groups (broad SMARTS) is 1. The van der Waals surface area contributed by atoms with Gasteiger partial charge in [-0.1, -0.05) is 0 Å². The smallest absolute Gasteiger partial charge is 0.391 e. The Morgan fingerprint density at radius 2 is 1.88 bits per heavy atom. The first-order valence-corrected chi connectivity index (χ1v) is 8.71. The van der Waals surface area contributed by atoms with Crippen LogP contribution < -0.4 is 0 Å². The van der Waals surface area contributed by atoms with Gasteiger partial charge in [-0.3, -0.25) is 0 Å². The molecule has 0 bridgehead atoms. The van der Waals surface area contributed by atoms with Gasteiger partial charge in [0, 0.05) is 23.1 Å².